The first-order chi connectivity index (χ1) is 8.20. The largest absolute Gasteiger partial charge is 0.365 e. The van der Waals surface area contributed by atoms with E-state index in [4.69, 9.17) is 0 Å². The molecule has 0 amide bonds. The number of nitrogens with one attached hydrogen (secondary N) is 2. The van der Waals surface area contributed by atoms with Gasteiger partial charge in [0.15, 0.2) is 11.6 Å². The van der Waals surface area contributed by atoms with Gasteiger partial charge in [-0.2, -0.15) is 0 Å². The zero-order valence-electron chi connectivity index (χ0n) is 10.3. The van der Waals surface area contributed by atoms with E-state index in [9.17, 15) is 4.39 Å². The molecule has 0 radical (unpaired) electrons. The van der Waals surface area contributed by atoms with Crippen molar-refractivity contribution in [3.63, 3.8) is 0 Å². The molecule has 1 aliphatic rings. The number of anilines is 1. The molecule has 4 nitrogen and oxygen atoms in total. The molecule has 0 saturated heterocycles. The monoisotopic (exact) mass is 238 g/mol. The van der Waals surface area contributed by atoms with Crippen molar-refractivity contribution in [2.75, 3.05) is 12.4 Å². The summed E-state index contributed by atoms with van der Waals surface area (Å²) >= 11 is 0. The van der Waals surface area contributed by atoms with Crippen LogP contribution in [0.1, 0.15) is 31.4 Å². The van der Waals surface area contributed by atoms with E-state index in [2.05, 4.69) is 20.6 Å². The summed E-state index contributed by atoms with van der Waals surface area (Å²) in [5, 5.41) is 6.46. The molecule has 1 heterocycles. The molecule has 5 heteroatoms. The zero-order chi connectivity index (χ0) is 12.3. The zero-order valence-corrected chi connectivity index (χ0v) is 10.3. The third-order valence-electron chi connectivity index (χ3n) is 3.44. The van der Waals surface area contributed by atoms with Crippen LogP contribution in [0, 0.1) is 12.7 Å². The highest BCUT2D eigenvalue weighted by Gasteiger charge is 2.21. The average Bonchev–Trinajstić information content (AvgIpc) is 2.36. The van der Waals surface area contributed by atoms with Gasteiger partial charge in [-0.05, 0) is 39.7 Å². The van der Waals surface area contributed by atoms with Crippen molar-refractivity contribution in [2.24, 2.45) is 0 Å². The van der Waals surface area contributed by atoms with E-state index in [-0.39, 0.29) is 5.82 Å². The normalized spacial score (nSPS) is 24.6. The van der Waals surface area contributed by atoms with Gasteiger partial charge in [0.2, 0.25) is 0 Å². The summed E-state index contributed by atoms with van der Waals surface area (Å²) in [6.45, 7) is 1.65. The maximum Gasteiger partial charge on any atom is 0.186 e. The van der Waals surface area contributed by atoms with Crippen LogP contribution in [0.3, 0.4) is 0 Å². The number of nitrogens with zero attached hydrogens (tertiary/aromatic N) is 2. The Morgan fingerprint density at radius 1 is 1.18 bits per heavy atom. The summed E-state index contributed by atoms with van der Waals surface area (Å²) in [7, 11) is 1.99. The fourth-order valence-electron chi connectivity index (χ4n) is 2.28. The van der Waals surface area contributed by atoms with Crippen LogP contribution in [0.4, 0.5) is 10.2 Å². The second kappa shape index (κ2) is 5.40. The highest BCUT2D eigenvalue weighted by molar-refractivity contribution is 5.38. The highest BCUT2D eigenvalue weighted by Crippen LogP contribution is 2.22. The van der Waals surface area contributed by atoms with E-state index in [1.54, 1.807) is 6.92 Å². The number of hydrogen-bond acceptors (Lipinski definition) is 4. The summed E-state index contributed by atoms with van der Waals surface area (Å²) < 4.78 is 13.7. The van der Waals surface area contributed by atoms with Gasteiger partial charge in [0.05, 0.1) is 5.69 Å². The van der Waals surface area contributed by atoms with Crippen molar-refractivity contribution in [2.45, 2.75) is 44.7 Å². The fraction of sp³-hybridized carbons (Fsp3) is 0.667. The summed E-state index contributed by atoms with van der Waals surface area (Å²) in [6.07, 6.45) is 5.75. The lowest BCUT2D eigenvalue weighted by molar-refractivity contribution is 0.370. The van der Waals surface area contributed by atoms with Crippen molar-refractivity contribution < 1.29 is 4.39 Å². The van der Waals surface area contributed by atoms with Crippen LogP contribution in [0.5, 0.6) is 0 Å². The topological polar surface area (TPSA) is 49.8 Å². The molecular formula is C12H19FN4. The summed E-state index contributed by atoms with van der Waals surface area (Å²) in [5.74, 6) is 0.00801. The van der Waals surface area contributed by atoms with Gasteiger partial charge in [-0.3, -0.25) is 0 Å². The van der Waals surface area contributed by atoms with Crippen molar-refractivity contribution in [1.82, 2.24) is 15.3 Å². The lowest BCUT2D eigenvalue weighted by atomic mass is 9.91. The molecule has 1 aromatic heterocycles. The van der Waals surface area contributed by atoms with E-state index in [0.717, 1.165) is 25.7 Å². The third kappa shape index (κ3) is 2.91. The van der Waals surface area contributed by atoms with Gasteiger partial charge in [-0.15, -0.1) is 0 Å². The molecule has 94 valence electrons. The Morgan fingerprint density at radius 2 is 1.82 bits per heavy atom. The van der Waals surface area contributed by atoms with E-state index in [0.29, 0.717) is 23.6 Å². The maximum atomic E-state index is 13.7. The quantitative estimate of drug-likeness (QED) is 0.844. The summed E-state index contributed by atoms with van der Waals surface area (Å²) in [4.78, 5) is 7.78. The average molecular weight is 238 g/mol. The predicted octanol–water partition coefficient (Wildman–Crippen LogP) is 1.87. The van der Waals surface area contributed by atoms with Gasteiger partial charge >= 0.3 is 0 Å². The number of aryl methyl sites for hydroxylation is 1. The second-order valence-corrected chi connectivity index (χ2v) is 4.60. The molecule has 0 spiro atoms. The SMILES string of the molecule is CNC1CCC(Nc2ncnc(C)c2F)CC1. The van der Waals surface area contributed by atoms with Crippen LogP contribution in [-0.4, -0.2) is 29.1 Å². The number of halogens is 1. The second-order valence-electron chi connectivity index (χ2n) is 4.60. The first kappa shape index (κ1) is 12.2. The van der Waals surface area contributed by atoms with Gasteiger partial charge in [0.1, 0.15) is 6.33 Å². The molecule has 2 rings (SSSR count). The smallest absolute Gasteiger partial charge is 0.186 e. The van der Waals surface area contributed by atoms with Crippen LogP contribution in [0.15, 0.2) is 6.33 Å². The van der Waals surface area contributed by atoms with Crippen LogP contribution in [-0.2, 0) is 0 Å². The molecule has 1 saturated carbocycles. The van der Waals surface area contributed by atoms with E-state index >= 15 is 0 Å². The minimum absolute atomic E-state index is 0.323. The Hall–Kier alpha value is -1.23. The standard InChI is InChI=1S/C12H19FN4/c1-8-11(13)12(16-7-15-8)17-10-5-3-9(14-2)4-6-10/h7,9-10,14H,3-6H2,1-2H3,(H,15,16,17). The van der Waals surface area contributed by atoms with E-state index in [1.807, 2.05) is 7.05 Å². The lowest BCUT2D eigenvalue weighted by Gasteiger charge is -2.29. The lowest BCUT2D eigenvalue weighted by Crippen LogP contribution is -2.35. The molecule has 0 unspecified atom stereocenters. The summed E-state index contributed by atoms with van der Waals surface area (Å²) in [5.41, 5.74) is 0.395. The Labute approximate surface area is 101 Å². The molecule has 1 fully saturated rings. The molecular weight excluding hydrogens is 219 g/mol. The molecule has 1 aliphatic carbocycles. The van der Waals surface area contributed by atoms with Crippen molar-refractivity contribution >= 4 is 5.82 Å². The van der Waals surface area contributed by atoms with Crippen LogP contribution >= 0.6 is 0 Å². The minimum Gasteiger partial charge on any atom is -0.365 e. The Kier molecular flexibility index (Phi) is 3.89. The molecule has 0 bridgehead atoms. The van der Waals surface area contributed by atoms with Crippen LogP contribution in [0.25, 0.3) is 0 Å². The first-order valence-corrected chi connectivity index (χ1v) is 6.11. The van der Waals surface area contributed by atoms with Crippen LogP contribution in [0.2, 0.25) is 0 Å². The number of hydrogen-bond donors (Lipinski definition) is 2. The molecule has 0 atom stereocenters. The van der Waals surface area contributed by atoms with Gasteiger partial charge in [-0.25, -0.2) is 14.4 Å². The molecule has 2 N–H and O–H groups in total. The molecule has 1 aromatic rings. The van der Waals surface area contributed by atoms with Crippen LogP contribution < -0.4 is 10.6 Å². The number of rotatable bonds is 3. The Bertz CT molecular complexity index is 375. The first-order valence-electron chi connectivity index (χ1n) is 6.11. The Morgan fingerprint density at radius 3 is 2.47 bits per heavy atom. The van der Waals surface area contributed by atoms with Crippen molar-refractivity contribution in [3.05, 3.63) is 17.8 Å². The third-order valence-corrected chi connectivity index (χ3v) is 3.44. The fourth-order valence-corrected chi connectivity index (χ4v) is 2.28. The summed E-state index contributed by atoms with van der Waals surface area (Å²) in [6, 6.07) is 0.924. The van der Waals surface area contributed by atoms with Crippen molar-refractivity contribution in [3.8, 4) is 0 Å². The highest BCUT2D eigenvalue weighted by atomic mass is 19.1. The minimum atomic E-state index is -0.330. The van der Waals surface area contributed by atoms with Gasteiger partial charge in [0.25, 0.3) is 0 Å². The maximum absolute atomic E-state index is 13.7. The molecule has 17 heavy (non-hydrogen) atoms. The van der Waals surface area contributed by atoms with E-state index in [1.165, 1.54) is 6.33 Å². The van der Waals surface area contributed by atoms with Gasteiger partial charge < -0.3 is 10.6 Å². The Balaban J connectivity index is 1.95. The molecule has 0 aliphatic heterocycles. The molecule has 0 aromatic carbocycles. The van der Waals surface area contributed by atoms with Gasteiger partial charge in [-0.1, -0.05) is 0 Å². The van der Waals surface area contributed by atoms with Crippen molar-refractivity contribution in [1.29, 1.82) is 0 Å². The predicted molar refractivity (Wildman–Crippen MR) is 65.5 cm³/mol. The van der Waals surface area contributed by atoms with Gasteiger partial charge in [0, 0.05) is 12.1 Å². The van der Waals surface area contributed by atoms with E-state index < -0.39 is 0 Å². The number of aromatic nitrogens is 2.